The van der Waals surface area contributed by atoms with Gasteiger partial charge in [0.2, 0.25) is 5.91 Å². The van der Waals surface area contributed by atoms with Crippen LogP contribution in [0.1, 0.15) is 21.5 Å². The van der Waals surface area contributed by atoms with Crippen LogP contribution in [0.25, 0.3) is 0 Å². The maximum atomic E-state index is 12.4. The van der Waals surface area contributed by atoms with Gasteiger partial charge >= 0.3 is 0 Å². The van der Waals surface area contributed by atoms with Crippen LogP contribution in [0.15, 0.2) is 66.1 Å². The van der Waals surface area contributed by atoms with Gasteiger partial charge in [-0.3, -0.25) is 9.59 Å². The lowest BCUT2D eigenvalue weighted by Crippen LogP contribution is -2.24. The van der Waals surface area contributed by atoms with E-state index in [9.17, 15) is 9.59 Å². The predicted molar refractivity (Wildman–Crippen MR) is 105 cm³/mol. The highest BCUT2D eigenvalue weighted by atomic mass is 32.2. The highest BCUT2D eigenvalue weighted by molar-refractivity contribution is 8.00. The normalized spacial score (nSPS) is 13.0. The number of nitrogens with zero attached hydrogens (tertiary/aromatic N) is 2. The molecule has 136 valence electrons. The topological polar surface area (TPSA) is 76.0 Å². The molecule has 1 aromatic heterocycles. The molecule has 1 aliphatic heterocycles. The molecule has 1 aliphatic rings. The first-order valence-electron chi connectivity index (χ1n) is 8.56. The number of carbonyl (C=O) groups is 2. The molecule has 0 atom stereocenters. The molecule has 7 heteroatoms. The van der Waals surface area contributed by atoms with E-state index in [2.05, 4.69) is 15.6 Å². The second-order valence-electron chi connectivity index (χ2n) is 6.28. The summed E-state index contributed by atoms with van der Waals surface area (Å²) in [6.45, 7) is 1.22. The minimum absolute atomic E-state index is 0.0409. The molecule has 2 amide bonds. The summed E-state index contributed by atoms with van der Waals surface area (Å²) >= 11 is 1.48. The lowest BCUT2D eigenvalue weighted by molar-refractivity contribution is -0.113. The van der Waals surface area contributed by atoms with E-state index < -0.39 is 0 Å². The molecule has 6 nitrogen and oxygen atoms in total. The molecular weight excluding hydrogens is 360 g/mol. The number of imidazole rings is 1. The average Bonchev–Trinajstić information content (AvgIpc) is 3.19. The predicted octanol–water partition coefficient (Wildman–Crippen LogP) is 2.91. The Morgan fingerprint density at radius 2 is 2.00 bits per heavy atom. The highest BCUT2D eigenvalue weighted by Gasteiger charge is 2.17. The Morgan fingerprint density at radius 1 is 1.19 bits per heavy atom. The zero-order valence-corrected chi connectivity index (χ0v) is 15.3. The standard InChI is InChI=1S/C20H18N4O2S/c25-19-12-27-18-6-5-16(9-17(18)23-19)20(26)22-10-14-1-3-15(4-2-14)11-24-8-7-21-13-24/h1-9,13H,10-12H2,(H,22,26)(H,23,25). The number of hydrogen-bond donors (Lipinski definition) is 2. The number of anilines is 1. The number of rotatable bonds is 5. The van der Waals surface area contributed by atoms with Crippen molar-refractivity contribution in [3.8, 4) is 0 Å². The number of thioether (sulfide) groups is 1. The Balaban J connectivity index is 1.36. The van der Waals surface area contributed by atoms with Crippen molar-refractivity contribution in [2.24, 2.45) is 0 Å². The van der Waals surface area contributed by atoms with Gasteiger partial charge in [0.1, 0.15) is 0 Å². The van der Waals surface area contributed by atoms with Gasteiger partial charge in [0.05, 0.1) is 17.8 Å². The molecule has 27 heavy (non-hydrogen) atoms. The minimum atomic E-state index is -0.162. The zero-order chi connectivity index (χ0) is 18.6. The largest absolute Gasteiger partial charge is 0.348 e. The van der Waals surface area contributed by atoms with Gasteiger partial charge in [-0.2, -0.15) is 0 Å². The minimum Gasteiger partial charge on any atom is -0.348 e. The van der Waals surface area contributed by atoms with Crippen molar-refractivity contribution in [2.75, 3.05) is 11.1 Å². The number of hydrogen-bond acceptors (Lipinski definition) is 4. The molecule has 2 heterocycles. The molecule has 0 aliphatic carbocycles. The third-order valence-corrected chi connectivity index (χ3v) is 5.35. The molecule has 0 spiro atoms. The molecule has 0 saturated heterocycles. The third kappa shape index (κ3) is 4.20. The number of carbonyl (C=O) groups excluding carboxylic acids is 2. The number of fused-ring (bicyclic) bond motifs is 1. The second kappa shape index (κ2) is 7.67. The van der Waals surface area contributed by atoms with Crippen molar-refractivity contribution in [1.29, 1.82) is 0 Å². The molecule has 3 aromatic rings. The Kier molecular flexibility index (Phi) is 4.93. The van der Waals surface area contributed by atoms with Crippen molar-refractivity contribution in [3.63, 3.8) is 0 Å². The van der Waals surface area contributed by atoms with Crippen molar-refractivity contribution in [3.05, 3.63) is 77.9 Å². The monoisotopic (exact) mass is 378 g/mol. The smallest absolute Gasteiger partial charge is 0.251 e. The Labute approximate surface area is 161 Å². The van der Waals surface area contributed by atoms with E-state index in [0.717, 1.165) is 17.0 Å². The Hall–Kier alpha value is -3.06. The van der Waals surface area contributed by atoms with E-state index in [-0.39, 0.29) is 11.8 Å². The Bertz CT molecular complexity index is 968. The second-order valence-corrected chi connectivity index (χ2v) is 7.30. The van der Waals surface area contributed by atoms with E-state index in [1.54, 1.807) is 24.7 Å². The van der Waals surface area contributed by atoms with Gasteiger partial charge in [-0.1, -0.05) is 24.3 Å². The van der Waals surface area contributed by atoms with Crippen molar-refractivity contribution < 1.29 is 9.59 Å². The lowest BCUT2D eigenvalue weighted by Gasteiger charge is -2.17. The van der Waals surface area contributed by atoms with Gasteiger partial charge in [0.25, 0.3) is 5.91 Å². The summed E-state index contributed by atoms with van der Waals surface area (Å²) < 4.78 is 2.00. The van der Waals surface area contributed by atoms with E-state index in [1.165, 1.54) is 17.3 Å². The van der Waals surface area contributed by atoms with Gasteiger partial charge in [0.15, 0.2) is 0 Å². The van der Waals surface area contributed by atoms with Gasteiger partial charge < -0.3 is 15.2 Å². The van der Waals surface area contributed by atoms with Gasteiger partial charge in [0, 0.05) is 35.9 Å². The van der Waals surface area contributed by atoms with Gasteiger partial charge in [-0.05, 0) is 29.3 Å². The molecule has 2 N–H and O–H groups in total. The van der Waals surface area contributed by atoms with Gasteiger partial charge in [-0.25, -0.2) is 4.98 Å². The lowest BCUT2D eigenvalue weighted by atomic mass is 10.1. The molecule has 4 rings (SSSR count). The number of nitrogens with one attached hydrogen (secondary N) is 2. The quantitative estimate of drug-likeness (QED) is 0.716. The van der Waals surface area contributed by atoms with E-state index in [1.807, 2.05) is 41.1 Å². The average molecular weight is 378 g/mol. The van der Waals surface area contributed by atoms with Crippen molar-refractivity contribution >= 4 is 29.3 Å². The maximum absolute atomic E-state index is 12.4. The molecular formula is C20H18N4O2S. The van der Waals surface area contributed by atoms with Crippen LogP contribution in [-0.2, 0) is 17.9 Å². The van der Waals surface area contributed by atoms with Crippen LogP contribution in [-0.4, -0.2) is 27.1 Å². The summed E-state index contributed by atoms with van der Waals surface area (Å²) in [7, 11) is 0. The molecule has 2 aromatic carbocycles. The summed E-state index contributed by atoms with van der Waals surface area (Å²) in [6.07, 6.45) is 5.47. The van der Waals surface area contributed by atoms with Gasteiger partial charge in [-0.15, -0.1) is 11.8 Å². The molecule has 0 unspecified atom stereocenters. The van der Waals surface area contributed by atoms with E-state index in [4.69, 9.17) is 0 Å². The van der Waals surface area contributed by atoms with Crippen LogP contribution in [0.2, 0.25) is 0 Å². The molecule has 0 fully saturated rings. The zero-order valence-electron chi connectivity index (χ0n) is 14.5. The molecule has 0 bridgehead atoms. The van der Waals surface area contributed by atoms with E-state index >= 15 is 0 Å². The maximum Gasteiger partial charge on any atom is 0.251 e. The van der Waals surface area contributed by atoms with Crippen LogP contribution < -0.4 is 10.6 Å². The number of amides is 2. The van der Waals surface area contributed by atoms with E-state index in [0.29, 0.717) is 23.5 Å². The SMILES string of the molecule is O=C1CSc2ccc(C(=O)NCc3ccc(Cn4ccnc4)cc3)cc2N1. The third-order valence-electron chi connectivity index (χ3n) is 4.27. The van der Waals surface area contributed by atoms with Crippen LogP contribution in [0.3, 0.4) is 0 Å². The Morgan fingerprint density at radius 3 is 2.78 bits per heavy atom. The highest BCUT2D eigenvalue weighted by Crippen LogP contribution is 2.31. The number of benzene rings is 2. The van der Waals surface area contributed by atoms with Crippen LogP contribution >= 0.6 is 11.8 Å². The fourth-order valence-corrected chi connectivity index (χ4v) is 3.65. The van der Waals surface area contributed by atoms with Crippen LogP contribution in [0, 0.1) is 0 Å². The van der Waals surface area contributed by atoms with Crippen molar-refractivity contribution in [2.45, 2.75) is 18.0 Å². The summed E-state index contributed by atoms with van der Waals surface area (Å²) in [6, 6.07) is 13.5. The summed E-state index contributed by atoms with van der Waals surface area (Å²) in [4.78, 5) is 29.0. The summed E-state index contributed by atoms with van der Waals surface area (Å²) in [5.41, 5.74) is 3.44. The van der Waals surface area contributed by atoms with Crippen LogP contribution in [0.4, 0.5) is 5.69 Å². The van der Waals surface area contributed by atoms with Crippen LogP contribution in [0.5, 0.6) is 0 Å². The fraction of sp³-hybridized carbons (Fsp3) is 0.150. The summed E-state index contributed by atoms with van der Waals surface area (Å²) in [5.74, 6) is 0.209. The van der Waals surface area contributed by atoms with Crippen molar-refractivity contribution in [1.82, 2.24) is 14.9 Å². The number of aromatic nitrogens is 2. The molecule has 0 radical (unpaired) electrons. The summed E-state index contributed by atoms with van der Waals surface area (Å²) in [5, 5.41) is 5.73. The first kappa shape index (κ1) is 17.4. The fourth-order valence-electron chi connectivity index (χ4n) is 2.86. The first-order chi connectivity index (χ1) is 13.2. The first-order valence-corrected chi connectivity index (χ1v) is 9.54. The molecule has 0 saturated carbocycles.